The summed E-state index contributed by atoms with van der Waals surface area (Å²) in [7, 11) is 0. The van der Waals surface area contributed by atoms with Crippen molar-refractivity contribution in [2.24, 2.45) is 0 Å². The van der Waals surface area contributed by atoms with Gasteiger partial charge in [0.1, 0.15) is 17.8 Å². The van der Waals surface area contributed by atoms with Crippen molar-refractivity contribution in [3.05, 3.63) is 65.8 Å². The Hall–Kier alpha value is -4.51. The van der Waals surface area contributed by atoms with Gasteiger partial charge in [0.15, 0.2) is 23.0 Å². The van der Waals surface area contributed by atoms with Crippen LogP contribution in [0.15, 0.2) is 54.6 Å². The number of aliphatic hydroxyl groups is 1. The second-order valence-electron chi connectivity index (χ2n) is 9.98. The summed E-state index contributed by atoms with van der Waals surface area (Å²) < 4.78 is 11.0. The zero-order valence-electron chi connectivity index (χ0n) is 21.5. The Morgan fingerprint density at radius 2 is 1.50 bits per heavy atom. The Balaban J connectivity index is 1.42. The smallest absolute Gasteiger partial charge is 0.331 e. The Morgan fingerprint density at radius 1 is 0.850 bits per heavy atom. The lowest BCUT2D eigenvalue weighted by atomic mass is 9.80. The fraction of sp³-hybridized carbons (Fsp3) is 0.345. The predicted octanol–water partition coefficient (Wildman–Crippen LogP) is 2.34. The molecule has 0 spiro atoms. The van der Waals surface area contributed by atoms with Crippen molar-refractivity contribution in [2.75, 3.05) is 0 Å². The van der Waals surface area contributed by atoms with Gasteiger partial charge in [-0.3, -0.25) is 4.79 Å². The third kappa shape index (κ3) is 7.54. The van der Waals surface area contributed by atoms with E-state index in [-0.39, 0.29) is 54.7 Å². The number of aromatic hydroxyl groups is 4. The minimum atomic E-state index is -1.80. The van der Waals surface area contributed by atoms with Crippen LogP contribution in [0, 0.1) is 0 Å². The van der Waals surface area contributed by atoms with Gasteiger partial charge < -0.3 is 40.3 Å². The third-order valence-corrected chi connectivity index (χ3v) is 6.72. The summed E-state index contributed by atoms with van der Waals surface area (Å²) in [5.41, 5.74) is -0.746. The van der Waals surface area contributed by atoms with E-state index in [1.807, 2.05) is 0 Å². The number of nitrogens with one attached hydrogen (secondary N) is 1. The van der Waals surface area contributed by atoms with Gasteiger partial charge in [0.05, 0.1) is 0 Å². The molecule has 0 unspecified atom stereocenters. The fourth-order valence-electron chi connectivity index (χ4n) is 4.31. The number of rotatable bonds is 9. The minimum Gasteiger partial charge on any atom is -0.504 e. The molecule has 212 valence electrons. The highest BCUT2D eigenvalue weighted by Gasteiger charge is 2.48. The lowest BCUT2D eigenvalue weighted by Gasteiger charge is -2.39. The molecular weight excluding hydrogens is 522 g/mol. The first-order chi connectivity index (χ1) is 19.0. The van der Waals surface area contributed by atoms with E-state index in [0.29, 0.717) is 11.1 Å². The van der Waals surface area contributed by atoms with Crippen LogP contribution in [0.1, 0.15) is 43.2 Å². The van der Waals surface area contributed by atoms with Gasteiger partial charge in [0, 0.05) is 24.6 Å². The number of benzene rings is 2. The maximum atomic E-state index is 12.7. The van der Waals surface area contributed by atoms with E-state index < -0.39 is 35.7 Å². The molecule has 2 aromatic rings. The van der Waals surface area contributed by atoms with Crippen LogP contribution in [0.5, 0.6) is 23.0 Å². The van der Waals surface area contributed by atoms with Crippen molar-refractivity contribution in [3.63, 3.8) is 0 Å². The molecule has 2 aliphatic carbocycles. The van der Waals surface area contributed by atoms with Crippen LogP contribution in [0.3, 0.4) is 0 Å². The normalized spacial score (nSPS) is 22.7. The van der Waals surface area contributed by atoms with E-state index in [1.165, 1.54) is 42.5 Å². The molecule has 2 aromatic carbocycles. The Labute approximate surface area is 230 Å². The lowest BCUT2D eigenvalue weighted by Crippen LogP contribution is -2.55. The van der Waals surface area contributed by atoms with E-state index in [0.717, 1.165) is 25.0 Å². The average molecular weight is 554 g/mol. The number of ether oxygens (including phenoxy) is 2. The first-order valence-electron chi connectivity index (χ1n) is 12.8. The fourth-order valence-corrected chi connectivity index (χ4v) is 4.31. The average Bonchev–Trinajstić information content (AvgIpc) is 3.72. The van der Waals surface area contributed by atoms with Gasteiger partial charge in [-0.05, 0) is 73.6 Å². The first-order valence-corrected chi connectivity index (χ1v) is 12.8. The van der Waals surface area contributed by atoms with Crippen LogP contribution < -0.4 is 5.32 Å². The molecule has 11 heteroatoms. The number of amides is 1. The Bertz CT molecular complexity index is 1330. The van der Waals surface area contributed by atoms with E-state index in [9.17, 15) is 39.9 Å². The van der Waals surface area contributed by atoms with Crippen molar-refractivity contribution in [1.82, 2.24) is 5.32 Å². The molecule has 3 atom stereocenters. The largest absolute Gasteiger partial charge is 0.504 e. The highest BCUT2D eigenvalue weighted by atomic mass is 16.6. The van der Waals surface area contributed by atoms with Gasteiger partial charge >= 0.3 is 11.9 Å². The van der Waals surface area contributed by atoms with Gasteiger partial charge in [-0.1, -0.05) is 18.2 Å². The number of carbonyl (C=O) groups excluding carboxylic acids is 3. The van der Waals surface area contributed by atoms with Crippen LogP contribution in [-0.2, 0) is 30.3 Å². The molecule has 0 aromatic heterocycles. The number of hydrogen-bond acceptors (Lipinski definition) is 10. The highest BCUT2D eigenvalue weighted by molar-refractivity contribution is 5.88. The number of phenolic OH excluding ortho intramolecular Hbond substituents is 4. The Kier molecular flexibility index (Phi) is 8.64. The van der Waals surface area contributed by atoms with Crippen LogP contribution in [-0.4, -0.2) is 67.2 Å². The number of carbonyl (C=O) groups is 3. The Morgan fingerprint density at radius 3 is 2.17 bits per heavy atom. The van der Waals surface area contributed by atoms with Crippen LogP contribution in [0.25, 0.3) is 6.08 Å². The quantitative estimate of drug-likeness (QED) is 0.153. The van der Waals surface area contributed by atoms with Crippen LogP contribution in [0.4, 0.5) is 0 Å². The summed E-state index contributed by atoms with van der Waals surface area (Å²) in [5, 5.41) is 51.9. The number of allylic oxidation sites excluding steroid dienone is 1. The molecule has 2 saturated carbocycles. The lowest BCUT2D eigenvalue weighted by molar-refractivity contribution is -0.180. The summed E-state index contributed by atoms with van der Waals surface area (Å²) in [5.74, 6) is -3.32. The molecular formula is C29H31NO10. The van der Waals surface area contributed by atoms with E-state index >= 15 is 0 Å². The predicted molar refractivity (Wildman–Crippen MR) is 141 cm³/mol. The number of hydrogen-bond donors (Lipinski definition) is 6. The van der Waals surface area contributed by atoms with Crippen molar-refractivity contribution >= 4 is 23.9 Å². The van der Waals surface area contributed by atoms with E-state index in [1.54, 1.807) is 6.07 Å². The van der Waals surface area contributed by atoms with Gasteiger partial charge in [0.25, 0.3) is 5.91 Å². The molecule has 40 heavy (non-hydrogen) atoms. The maximum absolute atomic E-state index is 12.7. The molecule has 6 N–H and O–H groups in total. The summed E-state index contributed by atoms with van der Waals surface area (Å²) in [6.07, 6.45) is 4.74. The molecule has 0 saturated heterocycles. The highest BCUT2D eigenvalue weighted by Crippen LogP contribution is 2.34. The monoisotopic (exact) mass is 553 g/mol. The second-order valence-corrected chi connectivity index (χ2v) is 9.98. The maximum Gasteiger partial charge on any atom is 0.331 e. The number of esters is 2. The molecule has 1 amide bonds. The zero-order chi connectivity index (χ0) is 28.9. The molecule has 0 bridgehead atoms. The molecule has 2 fully saturated rings. The topological polar surface area (TPSA) is 183 Å². The zero-order valence-corrected chi connectivity index (χ0v) is 21.5. The summed E-state index contributed by atoms with van der Waals surface area (Å²) in [6.45, 7) is 0. The van der Waals surface area contributed by atoms with Crippen LogP contribution in [0.2, 0.25) is 0 Å². The van der Waals surface area contributed by atoms with Crippen LogP contribution >= 0.6 is 0 Å². The summed E-state index contributed by atoms with van der Waals surface area (Å²) in [6, 6.07) is 8.27. The van der Waals surface area contributed by atoms with Crippen molar-refractivity contribution in [3.8, 4) is 23.0 Å². The van der Waals surface area contributed by atoms with Gasteiger partial charge in [0.2, 0.25) is 0 Å². The molecule has 0 aliphatic heterocycles. The van der Waals surface area contributed by atoms with E-state index in [2.05, 4.69) is 5.32 Å². The molecule has 2 aliphatic rings. The van der Waals surface area contributed by atoms with Gasteiger partial charge in [-0.2, -0.15) is 0 Å². The van der Waals surface area contributed by atoms with Crippen molar-refractivity contribution < 1.29 is 49.4 Å². The van der Waals surface area contributed by atoms with Crippen molar-refractivity contribution in [1.29, 1.82) is 0 Å². The standard InChI is InChI=1S/C29H31NO10/c31-20-9-4-17(14-22(20)33)2-1-3-26(35)40-25-16-29(38,28(37)30-19-7-8-19)13-12-24(25)39-27(36)11-6-18-5-10-21(32)23(34)15-18/h1,3-6,9-11,14-15,19,24-25,31-34,38H,2,7-8,12-13,16H2,(H,30,37)/t24-,25-,29+/m1/s1. The van der Waals surface area contributed by atoms with Gasteiger partial charge in [-0.25, -0.2) is 9.59 Å². The molecule has 0 heterocycles. The van der Waals surface area contributed by atoms with Gasteiger partial charge in [-0.15, -0.1) is 0 Å². The number of phenols is 4. The summed E-state index contributed by atoms with van der Waals surface area (Å²) in [4.78, 5) is 37.9. The first kappa shape index (κ1) is 28.5. The summed E-state index contributed by atoms with van der Waals surface area (Å²) >= 11 is 0. The molecule has 11 nitrogen and oxygen atoms in total. The SMILES string of the molecule is O=C(C=Cc1ccc(O)c(O)c1)O[C@@H]1CC[C@@](O)(C(=O)NC2CC2)C[C@H]1OC(=O)C=CCc1ccc(O)c(O)c1. The third-order valence-electron chi connectivity index (χ3n) is 6.72. The van der Waals surface area contributed by atoms with E-state index in [4.69, 9.17) is 9.47 Å². The minimum absolute atomic E-state index is 0.00666. The molecule has 0 radical (unpaired) electrons. The van der Waals surface area contributed by atoms with Crippen molar-refractivity contribution in [2.45, 2.75) is 62.4 Å². The second kappa shape index (κ2) is 12.1. The molecule has 4 rings (SSSR count).